The molecule has 0 radical (unpaired) electrons. The second-order valence-electron chi connectivity index (χ2n) is 7.97. The van der Waals surface area contributed by atoms with E-state index in [0.29, 0.717) is 6.54 Å². The first-order valence-electron chi connectivity index (χ1n) is 9.46. The van der Waals surface area contributed by atoms with Gasteiger partial charge in [-0.3, -0.25) is 0 Å². The van der Waals surface area contributed by atoms with Crippen molar-refractivity contribution in [2.24, 2.45) is 0 Å². The third kappa shape index (κ3) is 5.77. The van der Waals surface area contributed by atoms with Gasteiger partial charge in [0.05, 0.1) is 5.60 Å². The van der Waals surface area contributed by atoms with E-state index < -0.39 is 5.60 Å². The van der Waals surface area contributed by atoms with E-state index in [2.05, 4.69) is 35.0 Å². The second kappa shape index (κ2) is 8.58. The maximum absolute atomic E-state index is 12.4. The number of likely N-dealkylation sites (N-methyl/N-ethyl adjacent to an activating group) is 1. The number of fused-ring (bicyclic) bond motifs is 1. The van der Waals surface area contributed by atoms with Gasteiger partial charge in [-0.2, -0.15) is 0 Å². The molecule has 0 saturated carbocycles. The van der Waals surface area contributed by atoms with Gasteiger partial charge in [0, 0.05) is 37.4 Å². The van der Waals surface area contributed by atoms with Crippen LogP contribution in [0.15, 0.2) is 30.3 Å². The van der Waals surface area contributed by atoms with Crippen LogP contribution in [0.25, 0.3) is 10.9 Å². The molecule has 2 rings (SSSR count). The summed E-state index contributed by atoms with van der Waals surface area (Å²) in [6, 6.07) is 10.6. The fourth-order valence-electron chi connectivity index (χ4n) is 3.23. The monoisotopic (exact) mass is 359 g/mol. The van der Waals surface area contributed by atoms with Gasteiger partial charge < -0.3 is 19.9 Å². The Morgan fingerprint density at radius 3 is 2.73 bits per heavy atom. The Morgan fingerprint density at radius 2 is 2.04 bits per heavy atom. The number of nitrogens with zero attached hydrogens (tertiary/aromatic N) is 2. The first kappa shape index (κ1) is 20.3. The molecule has 1 heterocycles. The smallest absolute Gasteiger partial charge is 0.317 e. The molecule has 2 aromatic rings. The van der Waals surface area contributed by atoms with Crippen LogP contribution in [0.2, 0.25) is 0 Å². The molecule has 26 heavy (non-hydrogen) atoms. The van der Waals surface area contributed by atoms with Crippen molar-refractivity contribution in [2.75, 3.05) is 13.6 Å². The van der Waals surface area contributed by atoms with Crippen molar-refractivity contribution < 1.29 is 9.90 Å². The average molecular weight is 360 g/mol. The fourth-order valence-corrected chi connectivity index (χ4v) is 3.23. The normalized spacial score (nSPS) is 13.0. The van der Waals surface area contributed by atoms with Crippen LogP contribution in [0.5, 0.6) is 0 Å². The van der Waals surface area contributed by atoms with Gasteiger partial charge in [-0.05, 0) is 64.5 Å². The molecule has 1 aromatic carbocycles. The third-order valence-corrected chi connectivity index (χ3v) is 4.82. The molecule has 0 unspecified atom stereocenters. The molecule has 0 bridgehead atoms. The molecule has 144 valence electrons. The van der Waals surface area contributed by atoms with Crippen molar-refractivity contribution in [1.29, 1.82) is 0 Å². The number of urea groups is 1. The molecular formula is C21H33N3O2. The number of para-hydroxylation sites is 1. The zero-order chi connectivity index (χ0) is 19.3. The van der Waals surface area contributed by atoms with Gasteiger partial charge in [-0.15, -0.1) is 0 Å². The maximum Gasteiger partial charge on any atom is 0.317 e. The highest BCUT2D eigenvalue weighted by molar-refractivity contribution is 5.81. The van der Waals surface area contributed by atoms with E-state index in [4.69, 9.17) is 0 Å². The standard InChI is InChI=1S/C21H33N3O2/c1-16(9-8-12-21(3,4)26)22-20(25)23(5)13-14-24-17(2)15-18-10-6-7-11-19(18)24/h6-7,10-11,15-16,26H,8-9,12-14H2,1-5H3,(H,22,25)/t16-/m1/s1. The molecule has 5 heteroatoms. The second-order valence-corrected chi connectivity index (χ2v) is 7.97. The maximum atomic E-state index is 12.4. The van der Waals surface area contributed by atoms with E-state index in [9.17, 15) is 9.90 Å². The highest BCUT2D eigenvalue weighted by Gasteiger charge is 2.15. The number of amides is 2. The summed E-state index contributed by atoms with van der Waals surface area (Å²) in [5.74, 6) is 0. The van der Waals surface area contributed by atoms with E-state index in [1.807, 2.05) is 40.0 Å². The number of aliphatic hydroxyl groups is 1. The summed E-state index contributed by atoms with van der Waals surface area (Å²) in [7, 11) is 1.83. The lowest BCUT2D eigenvalue weighted by molar-refractivity contribution is 0.0676. The van der Waals surface area contributed by atoms with E-state index >= 15 is 0 Å². The number of aromatic nitrogens is 1. The lowest BCUT2D eigenvalue weighted by atomic mass is 10.00. The number of hydrogen-bond donors (Lipinski definition) is 2. The number of aryl methyl sites for hydroxylation is 1. The van der Waals surface area contributed by atoms with Gasteiger partial charge in [0.15, 0.2) is 0 Å². The first-order valence-corrected chi connectivity index (χ1v) is 9.46. The summed E-state index contributed by atoms with van der Waals surface area (Å²) in [6.07, 6.45) is 2.50. The van der Waals surface area contributed by atoms with Gasteiger partial charge in [0.2, 0.25) is 0 Å². The van der Waals surface area contributed by atoms with Crippen LogP contribution >= 0.6 is 0 Å². The SMILES string of the molecule is Cc1cc2ccccc2n1CCN(C)C(=O)N[C@H](C)CCCC(C)(C)O. The predicted molar refractivity (Wildman–Crippen MR) is 107 cm³/mol. The minimum Gasteiger partial charge on any atom is -0.390 e. The minimum atomic E-state index is -0.641. The number of benzene rings is 1. The van der Waals surface area contributed by atoms with E-state index in [-0.39, 0.29) is 12.1 Å². The van der Waals surface area contributed by atoms with Crippen LogP contribution in [0.1, 0.15) is 45.7 Å². The van der Waals surface area contributed by atoms with Crippen LogP contribution in [-0.4, -0.2) is 45.8 Å². The van der Waals surface area contributed by atoms with Gasteiger partial charge in [-0.1, -0.05) is 18.2 Å². The van der Waals surface area contributed by atoms with Crippen molar-refractivity contribution in [1.82, 2.24) is 14.8 Å². The Hall–Kier alpha value is -2.01. The van der Waals surface area contributed by atoms with Crippen LogP contribution in [0.3, 0.4) is 0 Å². The van der Waals surface area contributed by atoms with Gasteiger partial charge in [-0.25, -0.2) is 4.79 Å². The van der Waals surface area contributed by atoms with Crippen molar-refractivity contribution in [2.45, 2.75) is 65.1 Å². The van der Waals surface area contributed by atoms with Crippen molar-refractivity contribution in [3.8, 4) is 0 Å². The Balaban J connectivity index is 1.82. The van der Waals surface area contributed by atoms with Gasteiger partial charge >= 0.3 is 6.03 Å². The molecule has 0 aliphatic heterocycles. The summed E-state index contributed by atoms with van der Waals surface area (Å²) >= 11 is 0. The average Bonchev–Trinajstić information content (AvgIpc) is 2.86. The van der Waals surface area contributed by atoms with Gasteiger partial charge in [0.1, 0.15) is 0 Å². The molecule has 5 nitrogen and oxygen atoms in total. The zero-order valence-corrected chi connectivity index (χ0v) is 16.7. The number of rotatable bonds is 8. The number of nitrogens with one attached hydrogen (secondary N) is 1. The number of hydrogen-bond acceptors (Lipinski definition) is 2. The lowest BCUT2D eigenvalue weighted by Crippen LogP contribution is -2.43. The first-order chi connectivity index (χ1) is 12.2. The molecule has 1 atom stereocenters. The Bertz CT molecular complexity index is 730. The topological polar surface area (TPSA) is 57.5 Å². The van der Waals surface area contributed by atoms with Crippen LogP contribution in [-0.2, 0) is 6.54 Å². The highest BCUT2D eigenvalue weighted by atomic mass is 16.3. The molecule has 0 fully saturated rings. The van der Waals surface area contributed by atoms with Crippen molar-refractivity contribution in [3.63, 3.8) is 0 Å². The summed E-state index contributed by atoms with van der Waals surface area (Å²) in [5.41, 5.74) is 1.77. The van der Waals surface area contributed by atoms with Crippen LogP contribution in [0.4, 0.5) is 4.79 Å². The Kier molecular flexibility index (Phi) is 6.70. The largest absolute Gasteiger partial charge is 0.390 e. The van der Waals surface area contributed by atoms with E-state index in [1.165, 1.54) is 16.6 Å². The third-order valence-electron chi connectivity index (χ3n) is 4.82. The van der Waals surface area contributed by atoms with Crippen LogP contribution in [0, 0.1) is 6.92 Å². The molecule has 1 aromatic heterocycles. The quantitative estimate of drug-likeness (QED) is 0.750. The zero-order valence-electron chi connectivity index (χ0n) is 16.7. The molecular weight excluding hydrogens is 326 g/mol. The fraction of sp³-hybridized carbons (Fsp3) is 0.571. The number of carbonyl (C=O) groups excluding carboxylic acids is 1. The van der Waals surface area contributed by atoms with Crippen molar-refractivity contribution >= 4 is 16.9 Å². The van der Waals surface area contributed by atoms with Gasteiger partial charge in [0.25, 0.3) is 0 Å². The molecule has 0 aliphatic rings. The van der Waals surface area contributed by atoms with Crippen LogP contribution < -0.4 is 5.32 Å². The summed E-state index contributed by atoms with van der Waals surface area (Å²) in [5, 5.41) is 14.0. The highest BCUT2D eigenvalue weighted by Crippen LogP contribution is 2.19. The lowest BCUT2D eigenvalue weighted by Gasteiger charge is -2.23. The Labute approximate surface area is 157 Å². The summed E-state index contributed by atoms with van der Waals surface area (Å²) < 4.78 is 2.26. The summed E-state index contributed by atoms with van der Waals surface area (Å²) in [4.78, 5) is 14.1. The number of carbonyl (C=O) groups is 1. The Morgan fingerprint density at radius 1 is 1.35 bits per heavy atom. The summed E-state index contributed by atoms with van der Waals surface area (Å²) in [6.45, 7) is 9.18. The molecule has 0 saturated heterocycles. The van der Waals surface area contributed by atoms with Crippen molar-refractivity contribution in [3.05, 3.63) is 36.0 Å². The molecule has 2 N–H and O–H groups in total. The molecule has 0 spiro atoms. The predicted octanol–water partition coefficient (Wildman–Crippen LogP) is 3.92. The van der Waals surface area contributed by atoms with E-state index in [0.717, 1.165) is 25.8 Å². The molecule has 0 aliphatic carbocycles. The van der Waals surface area contributed by atoms with E-state index in [1.54, 1.807) is 4.90 Å². The molecule has 2 amide bonds. The minimum absolute atomic E-state index is 0.0464.